The minimum atomic E-state index is -1.07. The highest BCUT2D eigenvalue weighted by Gasteiger charge is 2.29. The Morgan fingerprint density at radius 2 is 1.48 bits per heavy atom. The number of hydrogen-bond acceptors (Lipinski definition) is 9. The molecule has 1 atom stereocenters. The lowest BCUT2D eigenvalue weighted by Gasteiger charge is -2.18. The lowest BCUT2D eigenvalue weighted by Crippen LogP contribution is -2.40. The third kappa shape index (κ3) is 8.37. The smallest absolute Gasteiger partial charge is 0.333 e. The van der Waals surface area contributed by atoms with E-state index in [0.717, 1.165) is 35.5 Å². The molecule has 1 aromatic heterocycles. The fourth-order valence-electron chi connectivity index (χ4n) is 4.52. The van der Waals surface area contributed by atoms with E-state index in [4.69, 9.17) is 23.7 Å². The van der Waals surface area contributed by atoms with Crippen molar-refractivity contribution in [3.63, 3.8) is 0 Å². The minimum Gasteiger partial charge on any atom is -0.494 e. The van der Waals surface area contributed by atoms with Crippen LogP contribution < -0.4 is 24.3 Å². The third-order valence-electron chi connectivity index (χ3n) is 6.89. The molecule has 3 aromatic rings. The molecule has 0 spiro atoms. The molecular weight excluding hydrogens is 564 g/mol. The number of nitrogens with zero attached hydrogens (tertiary/aromatic N) is 1. The number of aromatic nitrogens is 1. The maximum absolute atomic E-state index is 13.2. The van der Waals surface area contributed by atoms with Gasteiger partial charge in [0.15, 0.2) is 11.4 Å². The van der Waals surface area contributed by atoms with Crippen molar-refractivity contribution in [3.8, 4) is 23.0 Å². The second kappa shape index (κ2) is 15.0. The second-order valence-electron chi connectivity index (χ2n) is 10.3. The van der Waals surface area contributed by atoms with Gasteiger partial charge >= 0.3 is 11.9 Å². The summed E-state index contributed by atoms with van der Waals surface area (Å²) in [4.78, 5) is 43.0. The number of allylic oxidation sites excluding steroid dienone is 1. The average Bonchev–Trinajstić information content (AvgIpc) is 3.83. The zero-order valence-corrected chi connectivity index (χ0v) is 25.7. The molecule has 0 saturated heterocycles. The number of methoxy groups -OCH3 is 1. The van der Waals surface area contributed by atoms with Crippen LogP contribution in [0.4, 0.5) is 0 Å². The van der Waals surface area contributed by atoms with Crippen LogP contribution in [0.1, 0.15) is 68.6 Å². The van der Waals surface area contributed by atoms with Gasteiger partial charge in [-0.3, -0.25) is 9.59 Å². The summed E-state index contributed by atoms with van der Waals surface area (Å²) < 4.78 is 27.8. The van der Waals surface area contributed by atoms with Gasteiger partial charge in [-0.25, -0.2) is 9.78 Å². The fourth-order valence-corrected chi connectivity index (χ4v) is 4.52. The van der Waals surface area contributed by atoms with Crippen LogP contribution in [0, 0.1) is 5.92 Å². The van der Waals surface area contributed by atoms with Gasteiger partial charge in [-0.2, -0.15) is 0 Å². The van der Waals surface area contributed by atoms with Gasteiger partial charge in [0.25, 0.3) is 5.91 Å². The summed E-state index contributed by atoms with van der Waals surface area (Å²) >= 11 is 0. The molecule has 44 heavy (non-hydrogen) atoms. The van der Waals surface area contributed by atoms with Crippen molar-refractivity contribution in [3.05, 3.63) is 83.4 Å². The van der Waals surface area contributed by atoms with Gasteiger partial charge in [-0.05, 0) is 81.8 Å². The van der Waals surface area contributed by atoms with Crippen molar-refractivity contribution in [1.29, 1.82) is 0 Å². The normalized spacial score (nSPS) is 12.8. The van der Waals surface area contributed by atoms with Crippen molar-refractivity contribution >= 4 is 23.4 Å². The molecule has 232 valence electrons. The number of hydrogen-bond donors (Lipinski definition) is 1. The number of carbonyl (C=O) groups excluding carboxylic acids is 3. The van der Waals surface area contributed by atoms with Gasteiger partial charge < -0.3 is 29.0 Å². The highest BCUT2D eigenvalue weighted by atomic mass is 16.6. The predicted molar refractivity (Wildman–Crippen MR) is 164 cm³/mol. The van der Waals surface area contributed by atoms with Crippen molar-refractivity contribution < 1.29 is 38.1 Å². The summed E-state index contributed by atoms with van der Waals surface area (Å²) in [7, 11) is 1.40. The molecule has 10 nitrogen and oxygen atoms in total. The van der Waals surface area contributed by atoms with Crippen LogP contribution in [-0.2, 0) is 14.3 Å². The Labute approximate surface area is 257 Å². The molecule has 1 aliphatic carbocycles. The maximum Gasteiger partial charge on any atom is 0.333 e. The summed E-state index contributed by atoms with van der Waals surface area (Å²) in [6.45, 7) is 8.09. The Morgan fingerprint density at radius 1 is 0.909 bits per heavy atom. The molecule has 0 aliphatic heterocycles. The van der Waals surface area contributed by atoms with Gasteiger partial charge in [0.05, 0.1) is 20.3 Å². The third-order valence-corrected chi connectivity index (χ3v) is 6.89. The first kappa shape index (κ1) is 32.1. The van der Waals surface area contributed by atoms with E-state index in [-0.39, 0.29) is 23.6 Å². The summed E-state index contributed by atoms with van der Waals surface area (Å²) in [5.41, 5.74) is 2.11. The molecule has 0 radical (unpaired) electrons. The summed E-state index contributed by atoms with van der Waals surface area (Å²) in [6, 6.07) is 15.4. The van der Waals surface area contributed by atoms with Gasteiger partial charge in [-0.1, -0.05) is 24.3 Å². The van der Waals surface area contributed by atoms with Crippen LogP contribution in [0.2, 0.25) is 0 Å². The van der Waals surface area contributed by atoms with Gasteiger partial charge in [0.2, 0.25) is 5.75 Å². The van der Waals surface area contributed by atoms with Crippen molar-refractivity contribution in [2.75, 3.05) is 20.3 Å². The monoisotopic (exact) mass is 602 g/mol. The quantitative estimate of drug-likeness (QED) is 0.182. The molecule has 1 fully saturated rings. The van der Waals surface area contributed by atoms with E-state index < -0.39 is 23.9 Å². The number of ether oxygens (including phenoxy) is 5. The Bertz CT molecular complexity index is 1440. The molecule has 4 rings (SSSR count). The van der Waals surface area contributed by atoms with Crippen LogP contribution in [0.3, 0.4) is 0 Å². The van der Waals surface area contributed by atoms with Crippen LogP contribution in [-0.4, -0.2) is 49.2 Å². The molecule has 1 aliphatic rings. The lowest BCUT2D eigenvalue weighted by atomic mass is 9.96. The van der Waals surface area contributed by atoms with E-state index in [0.29, 0.717) is 30.5 Å². The second-order valence-corrected chi connectivity index (χ2v) is 10.3. The van der Waals surface area contributed by atoms with Crippen molar-refractivity contribution in [2.45, 2.75) is 53.0 Å². The first-order valence-electron chi connectivity index (χ1n) is 14.7. The number of rotatable bonds is 14. The Morgan fingerprint density at radius 3 is 1.98 bits per heavy atom. The lowest BCUT2D eigenvalue weighted by molar-refractivity contribution is -0.141. The molecule has 0 bridgehead atoms. The maximum atomic E-state index is 13.2. The molecular formula is C34H38N2O8. The minimum absolute atomic E-state index is 0.0944. The highest BCUT2D eigenvalue weighted by Crippen LogP contribution is 2.35. The van der Waals surface area contributed by atoms with Gasteiger partial charge in [0, 0.05) is 24.3 Å². The zero-order chi connectivity index (χ0) is 31.6. The average molecular weight is 603 g/mol. The molecule has 1 amide bonds. The number of pyridine rings is 1. The molecule has 2 aromatic carbocycles. The van der Waals surface area contributed by atoms with E-state index in [1.165, 1.54) is 26.3 Å². The Hall–Kier alpha value is -4.86. The Balaban J connectivity index is 1.55. The van der Waals surface area contributed by atoms with E-state index >= 15 is 0 Å². The number of esters is 2. The predicted octanol–water partition coefficient (Wildman–Crippen LogP) is 5.73. The fraction of sp³-hybridized carbons (Fsp3) is 0.353. The first-order chi connectivity index (χ1) is 21.2. The number of amides is 1. The molecule has 1 N–H and O–H groups in total. The first-order valence-corrected chi connectivity index (χ1v) is 14.7. The standard InChI is InChI=1S/C34H38N2O8/c1-6-41-26-14-10-24(11-15-26)30(25-12-16-27(17-13-25)42-7-2)22(4)43-34(39)21(3)36-33(38)31-32(28(40-5)18-19-35-31)44-29(37)20-23-8-9-23/h10-19,21,23H,6-9,20H2,1-5H3,(H,36,38)/t21-/m0/s1. The largest absolute Gasteiger partial charge is 0.494 e. The molecule has 10 heteroatoms. The SMILES string of the molecule is CCOc1ccc(C(=C(C)OC(=O)[C@H](C)NC(=O)c2nccc(OC)c2OC(=O)CC2CC2)c2ccc(OCC)cc2)cc1. The summed E-state index contributed by atoms with van der Waals surface area (Å²) in [5, 5.41) is 2.60. The topological polar surface area (TPSA) is 122 Å². The Kier molecular flexibility index (Phi) is 11.0. The number of carbonyl (C=O) groups is 3. The van der Waals surface area contributed by atoms with E-state index in [2.05, 4.69) is 10.3 Å². The molecule has 0 unspecified atom stereocenters. The van der Waals surface area contributed by atoms with Crippen LogP contribution in [0.15, 0.2) is 66.6 Å². The van der Waals surface area contributed by atoms with Crippen molar-refractivity contribution in [2.24, 2.45) is 5.92 Å². The van der Waals surface area contributed by atoms with E-state index in [9.17, 15) is 14.4 Å². The number of nitrogens with one attached hydrogen (secondary N) is 1. The summed E-state index contributed by atoms with van der Waals surface area (Å²) in [5.74, 6) is 0.262. The van der Waals surface area contributed by atoms with Crippen LogP contribution in [0.25, 0.3) is 5.57 Å². The zero-order valence-electron chi connectivity index (χ0n) is 25.7. The number of benzene rings is 2. The molecule has 1 heterocycles. The van der Waals surface area contributed by atoms with Crippen LogP contribution in [0.5, 0.6) is 23.0 Å². The van der Waals surface area contributed by atoms with Gasteiger partial charge in [-0.15, -0.1) is 0 Å². The summed E-state index contributed by atoms with van der Waals surface area (Å²) in [6.07, 6.45) is 3.55. The van der Waals surface area contributed by atoms with Gasteiger partial charge in [0.1, 0.15) is 23.3 Å². The molecule has 1 saturated carbocycles. The van der Waals surface area contributed by atoms with Crippen molar-refractivity contribution in [1.82, 2.24) is 10.3 Å². The van der Waals surface area contributed by atoms with Crippen LogP contribution >= 0.6 is 0 Å². The highest BCUT2D eigenvalue weighted by molar-refractivity contribution is 5.99. The van der Waals surface area contributed by atoms with E-state index in [1.54, 1.807) is 6.92 Å². The van der Waals surface area contributed by atoms with E-state index in [1.807, 2.05) is 62.4 Å².